The minimum absolute atomic E-state index is 0. The molecule has 0 aliphatic carbocycles. The molecule has 0 amide bonds. The van der Waals surface area contributed by atoms with Crippen molar-refractivity contribution in [2.45, 2.75) is 526 Å². The van der Waals surface area contributed by atoms with Crippen molar-refractivity contribution < 1.29 is 106 Å². The molecule has 20 heteroatoms. The van der Waals surface area contributed by atoms with E-state index in [9.17, 15) is 44.1 Å². The molecule has 0 saturated carbocycles. The van der Waals surface area contributed by atoms with Crippen LogP contribution in [0.25, 0.3) is 0 Å². The molecule has 634 valence electrons. The second-order valence-electron chi connectivity index (χ2n) is 30.1. The molecule has 0 fully saturated rings. The normalized spacial score (nSPS) is 11.2. The first-order chi connectivity index (χ1) is 50.3. The summed E-state index contributed by atoms with van der Waals surface area (Å²) in [7, 11) is 0. The number of carbonyl (C=O) groups is 4. The van der Waals surface area contributed by atoms with E-state index in [1.165, 1.54) is 263 Å². The summed E-state index contributed by atoms with van der Waals surface area (Å²) in [6, 6.07) is 0. The summed E-state index contributed by atoms with van der Waals surface area (Å²) in [5.41, 5.74) is 0. The van der Waals surface area contributed by atoms with Gasteiger partial charge in [-0.15, -0.1) is 0 Å². The molecule has 0 aromatic rings. The molecule has 0 bridgehead atoms. The molecular weight excluding hydrogens is 1410 g/mol. The molecular formula is C87H171AlO18Ti. The average molecular weight is 1580 g/mol. The van der Waals surface area contributed by atoms with Gasteiger partial charge in [0.25, 0.3) is 0 Å². The second kappa shape index (κ2) is 94.6. The number of carbonyl (C=O) groups excluding carboxylic acids is 5. The quantitative estimate of drug-likeness (QED) is 0.0248. The Labute approximate surface area is 682 Å². The first-order valence-electron chi connectivity index (χ1n) is 42.9. The van der Waals surface area contributed by atoms with Gasteiger partial charge >= 0.3 is 47.1 Å². The average Bonchev–Trinajstić information content (AvgIpc) is 0.859. The molecule has 0 aromatic heterocycles. The Morgan fingerprint density at radius 2 is 0.430 bits per heavy atom. The molecule has 0 aliphatic rings. The summed E-state index contributed by atoms with van der Waals surface area (Å²) >= 11 is 0.750. The maximum absolute atomic E-state index is 11.0. The van der Waals surface area contributed by atoms with Crippen LogP contribution in [0.3, 0.4) is 0 Å². The summed E-state index contributed by atoms with van der Waals surface area (Å²) in [5.74, 6) is -9.43. The van der Waals surface area contributed by atoms with Gasteiger partial charge in [-0.25, -0.2) is 0 Å². The number of aliphatic hydroxyl groups excluding tert-OH is 1. The molecule has 0 spiro atoms. The van der Waals surface area contributed by atoms with E-state index in [4.69, 9.17) is 42.0 Å². The van der Waals surface area contributed by atoms with Gasteiger partial charge in [0, 0.05) is 31.8 Å². The molecule has 0 saturated heterocycles. The van der Waals surface area contributed by atoms with E-state index in [1.807, 2.05) is 12.6 Å². The van der Waals surface area contributed by atoms with Crippen molar-refractivity contribution in [3.05, 3.63) is 0 Å². The Morgan fingerprint density at radius 3 is 0.533 bits per heavy atom. The number of unbranched alkanes of at least 4 members (excludes halogenated alkanes) is 44. The second-order valence-corrected chi connectivity index (χ2v) is 30.1. The maximum atomic E-state index is 11.0. The van der Waals surface area contributed by atoms with E-state index in [-0.39, 0.29) is 79.4 Å². The first-order valence-corrected chi connectivity index (χ1v) is 43.5. The monoisotopic (exact) mass is 1580 g/mol. The van der Waals surface area contributed by atoms with Gasteiger partial charge in [-0.3, -0.25) is 17.4 Å². The van der Waals surface area contributed by atoms with Crippen molar-refractivity contribution >= 4 is 53.8 Å². The van der Waals surface area contributed by atoms with E-state index in [0.717, 1.165) is 46.1 Å². The van der Waals surface area contributed by atoms with Gasteiger partial charge in [-0.2, -0.15) is 12.8 Å². The third-order valence-electron chi connectivity index (χ3n) is 16.6. The number of carboxylic acid groups (broad SMARTS) is 4. The van der Waals surface area contributed by atoms with Crippen LogP contribution in [0.5, 0.6) is 0 Å². The molecule has 0 aromatic carbocycles. The van der Waals surface area contributed by atoms with Crippen LogP contribution in [0.4, 0.5) is 0 Å². The van der Waals surface area contributed by atoms with E-state index < -0.39 is 41.2 Å². The van der Waals surface area contributed by atoms with E-state index >= 15 is 0 Å². The van der Waals surface area contributed by atoms with E-state index in [0.29, 0.717) is 19.3 Å². The Hall–Kier alpha value is -2.01. The third kappa shape index (κ3) is 100. The van der Waals surface area contributed by atoms with Gasteiger partial charge in [0.1, 0.15) is 17.9 Å². The van der Waals surface area contributed by atoms with Gasteiger partial charge in [0.15, 0.2) is 0 Å². The number of aliphatic hydroxyl groups is 1. The topological polar surface area (TPSA) is 285 Å². The van der Waals surface area contributed by atoms with Crippen LogP contribution in [0.2, 0.25) is 0 Å². The number of hydrogen-bond acceptors (Lipinski definition) is 17. The molecule has 107 heavy (non-hydrogen) atoms. The summed E-state index contributed by atoms with van der Waals surface area (Å²) in [5, 5.41) is 49.5. The van der Waals surface area contributed by atoms with Crippen LogP contribution >= 0.6 is 0 Å². The molecule has 0 unspecified atom stereocenters. The summed E-state index contributed by atoms with van der Waals surface area (Å²) in [4.78, 5) is 63.2. The van der Waals surface area contributed by atoms with Gasteiger partial charge in [-0.05, 0) is 103 Å². The predicted molar refractivity (Wildman–Crippen MR) is 433 cm³/mol. The predicted octanol–water partition coefficient (Wildman–Crippen LogP) is 21.0. The molecule has 0 radical (unpaired) electrons. The fourth-order valence-electron chi connectivity index (χ4n) is 11.4. The fourth-order valence-corrected chi connectivity index (χ4v) is 11.4. The van der Waals surface area contributed by atoms with Gasteiger partial charge in [0.2, 0.25) is 17.4 Å². The Bertz CT molecular complexity index is 1650. The molecule has 0 atom stereocenters. The number of ether oxygens (including phenoxy) is 6. The molecule has 18 nitrogen and oxygen atoms in total. The van der Waals surface area contributed by atoms with Crippen LogP contribution in [-0.2, 0) is 80.9 Å². The third-order valence-corrected chi connectivity index (χ3v) is 16.6. The van der Waals surface area contributed by atoms with Gasteiger partial charge in [0.05, 0.1) is 36.6 Å². The standard InChI is InChI=1S/C18H36O2.2C18H35O.3C10H20O4.C3H8O.Al.O.Ti/c1-2-3-4-5-6-7-8-9-10-11-12-13-14-15-16-17-18(19)20;2*1-2-3-4-5-6-7-8-9-10-11-12-13-14-15-16-17-18-19;3*1-6-10(9(11)12,13-7(2)3)14-8(4)5;1-3(2)4;;;/h2-17H2,1H3,(H,19,20);2*2-17H2,1H3;3*7-8H,6H2,1-5H3,(H,11,12);3-4H,1-2H3;;;/q;2*-1;;;;;+3;;+2/p-3. The van der Waals surface area contributed by atoms with Crippen LogP contribution in [0, 0.1) is 0 Å². The fraction of sp³-hybridized carbons (Fsp3) is 0.931. The van der Waals surface area contributed by atoms with Crippen LogP contribution in [0.15, 0.2) is 0 Å². The summed E-state index contributed by atoms with van der Waals surface area (Å²) in [6.07, 6.45) is 65.8. The molecule has 0 rings (SSSR count). The van der Waals surface area contributed by atoms with Crippen molar-refractivity contribution in [2.24, 2.45) is 0 Å². The summed E-state index contributed by atoms with van der Waals surface area (Å²) in [6.45, 7) is 36.5. The minimum atomic E-state index is -1.61. The van der Waals surface area contributed by atoms with Crippen molar-refractivity contribution in [1.82, 2.24) is 0 Å². The zero-order valence-corrected chi connectivity index (χ0v) is 75.8. The Morgan fingerprint density at radius 1 is 0.299 bits per heavy atom. The van der Waals surface area contributed by atoms with Crippen molar-refractivity contribution in [2.75, 3.05) is 0 Å². The van der Waals surface area contributed by atoms with Crippen molar-refractivity contribution in [1.29, 1.82) is 0 Å². The molecule has 0 heterocycles. The number of carboxylic acids is 4. The molecule has 0 aliphatic heterocycles. The van der Waals surface area contributed by atoms with Gasteiger partial charge < -0.3 is 77.9 Å². The van der Waals surface area contributed by atoms with Crippen LogP contribution < -0.4 is 15.3 Å². The number of rotatable bonds is 66. The van der Waals surface area contributed by atoms with E-state index in [1.54, 1.807) is 118 Å². The summed E-state index contributed by atoms with van der Waals surface area (Å²) < 4.78 is 39.9. The van der Waals surface area contributed by atoms with Crippen molar-refractivity contribution in [3.8, 4) is 0 Å². The van der Waals surface area contributed by atoms with Crippen LogP contribution in [0.1, 0.15) is 466 Å². The zero-order valence-electron chi connectivity index (χ0n) is 73.1. The van der Waals surface area contributed by atoms with Crippen molar-refractivity contribution in [3.63, 3.8) is 0 Å². The Kier molecular flexibility index (Phi) is 109. The van der Waals surface area contributed by atoms with Crippen LogP contribution in [-0.4, -0.2) is 124 Å². The first kappa shape index (κ1) is 123. The number of hydrogen-bond donors (Lipinski definition) is 2. The van der Waals surface area contributed by atoms with E-state index in [2.05, 4.69) is 20.8 Å². The Balaban J connectivity index is -0.000000152. The van der Waals surface area contributed by atoms with Gasteiger partial charge in [-0.1, -0.05) is 324 Å². The SMILES string of the molecule is CC(C)O.CCC(OC(C)C)(OC(C)C)C(=O)[O-].CCC(OC(C)C)(OC(C)C)C(=O)[O-].CCC(OC(C)C)(OC(C)C)C(=O)[O-].CCCCCCCCCCCCCCCCCC(=O)O.CCCCCCCCCCCCCCCCC[C-]=O.CCCCCCCCCCCCCCCCC[C-]=O.[Al+3].[O]=[Ti+2]. The zero-order chi connectivity index (χ0) is 82.6. The molecule has 2 N–H and O–H groups in total. The number of aliphatic carboxylic acids is 4.